The fourth-order valence-corrected chi connectivity index (χ4v) is 1.55. The van der Waals surface area contributed by atoms with Gasteiger partial charge in [0.15, 0.2) is 5.05 Å². The Hall–Kier alpha value is -1.42. The highest BCUT2D eigenvalue weighted by Crippen LogP contribution is 2.12. The first-order valence-electron chi connectivity index (χ1n) is 5.14. The van der Waals surface area contributed by atoms with Gasteiger partial charge in [-0.2, -0.15) is 0 Å². The summed E-state index contributed by atoms with van der Waals surface area (Å²) in [6.07, 6.45) is 0. The summed E-state index contributed by atoms with van der Waals surface area (Å²) < 4.78 is 10.2. The van der Waals surface area contributed by atoms with E-state index in [0.717, 1.165) is 0 Å². The zero-order valence-corrected chi connectivity index (χ0v) is 10.2. The third kappa shape index (κ3) is 3.03. The van der Waals surface area contributed by atoms with Crippen LogP contribution in [0.1, 0.15) is 29.8 Å². The van der Waals surface area contributed by atoms with E-state index < -0.39 is 0 Å². The van der Waals surface area contributed by atoms with Gasteiger partial charge in [0.25, 0.3) is 0 Å². The van der Waals surface area contributed by atoms with Crippen molar-refractivity contribution in [3.05, 3.63) is 35.4 Å². The number of carbonyl (C=O) groups is 1. The molecule has 0 atom stereocenters. The van der Waals surface area contributed by atoms with E-state index in [1.807, 2.05) is 13.0 Å². The van der Waals surface area contributed by atoms with Gasteiger partial charge in [0.05, 0.1) is 18.8 Å². The maximum Gasteiger partial charge on any atom is 0.338 e. The van der Waals surface area contributed by atoms with Crippen molar-refractivity contribution in [1.82, 2.24) is 0 Å². The summed E-state index contributed by atoms with van der Waals surface area (Å²) in [5.41, 5.74) is 1.06. The van der Waals surface area contributed by atoms with Gasteiger partial charge in [0.2, 0.25) is 0 Å². The molecule has 86 valence electrons. The summed E-state index contributed by atoms with van der Waals surface area (Å²) in [7, 11) is 0. The van der Waals surface area contributed by atoms with Gasteiger partial charge < -0.3 is 9.47 Å². The third-order valence-electron chi connectivity index (χ3n) is 1.92. The monoisotopic (exact) mass is 238 g/mol. The van der Waals surface area contributed by atoms with Gasteiger partial charge in [0.1, 0.15) is 0 Å². The van der Waals surface area contributed by atoms with E-state index >= 15 is 0 Å². The molecule has 1 aromatic rings. The molecule has 0 aliphatic heterocycles. The van der Waals surface area contributed by atoms with E-state index in [1.165, 1.54) is 0 Å². The van der Waals surface area contributed by atoms with Crippen molar-refractivity contribution in [2.75, 3.05) is 13.2 Å². The first kappa shape index (κ1) is 12.6. The number of carbonyl (C=O) groups excluding carboxylic acids is 1. The lowest BCUT2D eigenvalue weighted by Gasteiger charge is -2.09. The Morgan fingerprint density at radius 3 is 2.25 bits per heavy atom. The molecule has 3 nitrogen and oxygen atoms in total. The fourth-order valence-electron chi connectivity index (χ4n) is 1.26. The van der Waals surface area contributed by atoms with Crippen LogP contribution in [0.15, 0.2) is 24.3 Å². The first-order valence-corrected chi connectivity index (χ1v) is 5.54. The molecule has 4 heteroatoms. The van der Waals surface area contributed by atoms with Gasteiger partial charge in [0, 0.05) is 5.56 Å². The lowest BCUT2D eigenvalue weighted by molar-refractivity contribution is 0.0526. The molecule has 0 aliphatic rings. The Bertz CT molecular complexity index is 351. The van der Waals surface area contributed by atoms with Crippen LogP contribution >= 0.6 is 12.2 Å². The van der Waals surface area contributed by atoms with Gasteiger partial charge in [-0.3, -0.25) is 0 Å². The fraction of sp³-hybridized carbons (Fsp3) is 0.333. The summed E-state index contributed by atoms with van der Waals surface area (Å²) >= 11 is 5.08. The second-order valence-electron chi connectivity index (χ2n) is 2.99. The van der Waals surface area contributed by atoms with Crippen molar-refractivity contribution >= 4 is 23.2 Å². The van der Waals surface area contributed by atoms with Crippen molar-refractivity contribution < 1.29 is 14.3 Å². The molecule has 0 bridgehead atoms. The molecule has 1 aromatic carbocycles. The quantitative estimate of drug-likeness (QED) is 0.596. The standard InChI is InChI=1S/C12H14O3S/c1-3-14-11(13)9-7-5-6-8-10(9)12(16)15-4-2/h5-8H,3-4H2,1-2H3. The maximum atomic E-state index is 11.6. The molecule has 0 aromatic heterocycles. The van der Waals surface area contributed by atoms with E-state index in [0.29, 0.717) is 29.4 Å². The summed E-state index contributed by atoms with van der Waals surface area (Å²) in [6, 6.07) is 7.01. The average Bonchev–Trinajstić information content (AvgIpc) is 2.30. The highest BCUT2D eigenvalue weighted by Gasteiger charge is 2.15. The van der Waals surface area contributed by atoms with Gasteiger partial charge >= 0.3 is 5.97 Å². The molecule has 0 spiro atoms. The van der Waals surface area contributed by atoms with E-state index in [1.54, 1.807) is 25.1 Å². The van der Waals surface area contributed by atoms with Crippen molar-refractivity contribution in [3.63, 3.8) is 0 Å². The minimum atomic E-state index is -0.375. The number of benzene rings is 1. The topological polar surface area (TPSA) is 35.5 Å². The molecule has 0 saturated heterocycles. The number of hydrogen-bond acceptors (Lipinski definition) is 4. The van der Waals surface area contributed by atoms with Gasteiger partial charge in [-0.15, -0.1) is 0 Å². The van der Waals surface area contributed by atoms with Crippen LogP contribution in [0.5, 0.6) is 0 Å². The van der Waals surface area contributed by atoms with Crippen molar-refractivity contribution in [2.24, 2.45) is 0 Å². The Kier molecular flexibility index (Phi) is 4.92. The van der Waals surface area contributed by atoms with E-state index in [9.17, 15) is 4.79 Å². The van der Waals surface area contributed by atoms with Crippen LogP contribution in [0.25, 0.3) is 0 Å². The van der Waals surface area contributed by atoms with E-state index in [4.69, 9.17) is 21.7 Å². The Balaban J connectivity index is 3.00. The predicted molar refractivity (Wildman–Crippen MR) is 65.7 cm³/mol. The molecular weight excluding hydrogens is 224 g/mol. The molecule has 0 unspecified atom stereocenters. The molecule has 0 N–H and O–H groups in total. The molecule has 0 saturated carbocycles. The molecule has 0 aliphatic carbocycles. The molecule has 0 fully saturated rings. The zero-order valence-electron chi connectivity index (χ0n) is 9.36. The van der Waals surface area contributed by atoms with Crippen molar-refractivity contribution in [2.45, 2.75) is 13.8 Å². The molecule has 0 radical (unpaired) electrons. The van der Waals surface area contributed by atoms with Crippen LogP contribution in [-0.2, 0) is 9.47 Å². The number of hydrogen-bond donors (Lipinski definition) is 0. The normalized spacial score (nSPS) is 9.62. The van der Waals surface area contributed by atoms with Crippen LogP contribution in [0, 0.1) is 0 Å². The largest absolute Gasteiger partial charge is 0.483 e. The molecule has 0 amide bonds. The highest BCUT2D eigenvalue weighted by molar-refractivity contribution is 7.80. The number of ether oxygens (including phenoxy) is 2. The summed E-state index contributed by atoms with van der Waals surface area (Å²) in [6.45, 7) is 4.44. The summed E-state index contributed by atoms with van der Waals surface area (Å²) in [5.74, 6) is -0.375. The van der Waals surface area contributed by atoms with Crippen LogP contribution in [0.3, 0.4) is 0 Å². The molecule has 0 heterocycles. The SMILES string of the molecule is CCOC(=O)c1ccccc1C(=S)OCC. The van der Waals surface area contributed by atoms with Crippen LogP contribution < -0.4 is 0 Å². The predicted octanol–water partition coefficient (Wildman–Crippen LogP) is 2.58. The average molecular weight is 238 g/mol. The Morgan fingerprint density at radius 1 is 1.12 bits per heavy atom. The summed E-state index contributed by atoms with van der Waals surface area (Å²) in [4.78, 5) is 11.6. The summed E-state index contributed by atoms with van der Waals surface area (Å²) in [5, 5.41) is 0.325. The molecule has 16 heavy (non-hydrogen) atoms. The lowest BCUT2D eigenvalue weighted by Crippen LogP contribution is -2.13. The maximum absolute atomic E-state index is 11.6. The lowest BCUT2D eigenvalue weighted by atomic mass is 10.1. The minimum Gasteiger partial charge on any atom is -0.483 e. The van der Waals surface area contributed by atoms with Gasteiger partial charge in [-0.25, -0.2) is 4.79 Å². The highest BCUT2D eigenvalue weighted by atomic mass is 32.1. The van der Waals surface area contributed by atoms with Crippen LogP contribution in [0.4, 0.5) is 0 Å². The Morgan fingerprint density at radius 2 is 1.69 bits per heavy atom. The molecular formula is C12H14O3S. The van der Waals surface area contributed by atoms with Gasteiger partial charge in [-0.1, -0.05) is 12.1 Å². The smallest absolute Gasteiger partial charge is 0.338 e. The Labute approximate surface area is 100 Å². The second kappa shape index (κ2) is 6.23. The van der Waals surface area contributed by atoms with Crippen molar-refractivity contribution in [3.8, 4) is 0 Å². The minimum absolute atomic E-state index is 0.325. The van der Waals surface area contributed by atoms with E-state index in [2.05, 4.69) is 0 Å². The van der Waals surface area contributed by atoms with Crippen molar-refractivity contribution in [1.29, 1.82) is 0 Å². The number of rotatable bonds is 4. The first-order chi connectivity index (χ1) is 7.70. The van der Waals surface area contributed by atoms with E-state index in [-0.39, 0.29) is 5.97 Å². The number of esters is 1. The molecule has 1 rings (SSSR count). The number of thiocarbonyl (C=S) groups is 1. The second-order valence-corrected chi connectivity index (χ2v) is 3.36. The van der Waals surface area contributed by atoms with Crippen LogP contribution in [-0.4, -0.2) is 24.2 Å². The third-order valence-corrected chi connectivity index (χ3v) is 2.26. The zero-order chi connectivity index (χ0) is 12.0. The van der Waals surface area contributed by atoms with Gasteiger partial charge in [-0.05, 0) is 38.2 Å². The van der Waals surface area contributed by atoms with Crippen LogP contribution in [0.2, 0.25) is 0 Å².